The summed E-state index contributed by atoms with van der Waals surface area (Å²) in [7, 11) is 1.59. The third-order valence-corrected chi connectivity index (χ3v) is 3.48. The van der Waals surface area contributed by atoms with Gasteiger partial charge in [0.05, 0.1) is 12.9 Å². The molecular weight excluding hydrogens is 282 g/mol. The maximum Gasteiger partial charge on any atom is 0.278 e. The van der Waals surface area contributed by atoms with E-state index in [1.165, 1.54) is 10.9 Å². The first-order valence-electron chi connectivity index (χ1n) is 6.34. The molecule has 0 spiro atoms. The summed E-state index contributed by atoms with van der Waals surface area (Å²) in [6.07, 6.45) is -3.26. The maximum absolute atomic E-state index is 11.7. The summed E-state index contributed by atoms with van der Waals surface area (Å²) in [4.78, 5) is 22.3. The molecule has 0 unspecified atom stereocenters. The van der Waals surface area contributed by atoms with E-state index in [0.29, 0.717) is 0 Å². The molecule has 5 N–H and O–H groups in total. The van der Waals surface area contributed by atoms with Gasteiger partial charge in [-0.05, 0) is 0 Å². The van der Waals surface area contributed by atoms with Crippen LogP contribution in [0.1, 0.15) is 6.23 Å². The summed E-state index contributed by atoms with van der Waals surface area (Å²) in [6, 6.07) is 0. The number of anilines is 1. The van der Waals surface area contributed by atoms with Crippen molar-refractivity contribution in [3.05, 3.63) is 16.7 Å². The summed E-state index contributed by atoms with van der Waals surface area (Å²) in [5.74, 6) is 0.254. The predicted molar refractivity (Wildman–Crippen MR) is 70.7 cm³/mol. The van der Waals surface area contributed by atoms with Gasteiger partial charge in [0, 0.05) is 7.05 Å². The van der Waals surface area contributed by atoms with Crippen LogP contribution in [0, 0.1) is 0 Å². The number of aliphatic hydroxyl groups excluding tert-OH is 3. The molecule has 10 heteroatoms. The van der Waals surface area contributed by atoms with Crippen molar-refractivity contribution in [3.8, 4) is 0 Å². The lowest BCUT2D eigenvalue weighted by atomic mass is 10.1. The van der Waals surface area contributed by atoms with Gasteiger partial charge in [0.25, 0.3) is 5.56 Å². The van der Waals surface area contributed by atoms with Crippen molar-refractivity contribution >= 4 is 17.1 Å². The van der Waals surface area contributed by atoms with Gasteiger partial charge < -0.3 is 30.4 Å². The Bertz CT molecular complexity index is 713. The zero-order chi connectivity index (χ0) is 15.1. The van der Waals surface area contributed by atoms with Crippen LogP contribution in [0.2, 0.25) is 0 Å². The Kier molecular flexibility index (Phi) is 3.37. The van der Waals surface area contributed by atoms with Crippen molar-refractivity contribution in [2.75, 3.05) is 19.0 Å². The van der Waals surface area contributed by atoms with Crippen molar-refractivity contribution in [2.45, 2.75) is 24.5 Å². The van der Waals surface area contributed by atoms with Crippen LogP contribution in [0.4, 0.5) is 5.95 Å². The molecule has 0 bridgehead atoms. The number of nitrogens with zero attached hydrogens (tertiary/aromatic N) is 3. The first kappa shape index (κ1) is 13.9. The summed E-state index contributed by atoms with van der Waals surface area (Å²) < 4.78 is 6.83. The molecule has 0 radical (unpaired) electrons. The molecule has 3 heterocycles. The highest BCUT2D eigenvalue weighted by atomic mass is 16.6. The lowest BCUT2D eigenvalue weighted by Gasteiger charge is -2.18. The molecule has 1 aliphatic heterocycles. The summed E-state index contributed by atoms with van der Waals surface area (Å²) in [5, 5.41) is 31.9. The lowest BCUT2D eigenvalue weighted by molar-refractivity contribution is -0.0501. The lowest BCUT2D eigenvalue weighted by Crippen LogP contribution is -2.33. The predicted octanol–water partition coefficient (Wildman–Crippen LogP) is -2.23. The van der Waals surface area contributed by atoms with Crippen LogP contribution in [0.3, 0.4) is 0 Å². The number of nitrogens with one attached hydrogen (secondary N) is 2. The van der Waals surface area contributed by atoms with Gasteiger partial charge in [-0.2, -0.15) is 0 Å². The number of imidazole rings is 1. The van der Waals surface area contributed by atoms with Gasteiger partial charge in [0.2, 0.25) is 5.95 Å². The van der Waals surface area contributed by atoms with Crippen molar-refractivity contribution in [2.24, 2.45) is 0 Å². The van der Waals surface area contributed by atoms with Crippen molar-refractivity contribution < 1.29 is 20.1 Å². The van der Waals surface area contributed by atoms with Gasteiger partial charge in [0.1, 0.15) is 18.3 Å². The molecule has 2 aromatic rings. The molecule has 21 heavy (non-hydrogen) atoms. The number of aromatic amines is 1. The smallest absolute Gasteiger partial charge is 0.278 e. The van der Waals surface area contributed by atoms with E-state index in [2.05, 4.69) is 20.3 Å². The Balaban J connectivity index is 2.16. The van der Waals surface area contributed by atoms with Gasteiger partial charge in [-0.3, -0.25) is 9.36 Å². The van der Waals surface area contributed by atoms with Crippen molar-refractivity contribution in [1.82, 2.24) is 19.5 Å². The molecule has 0 amide bonds. The zero-order valence-electron chi connectivity index (χ0n) is 11.1. The number of fused-ring (bicyclic) bond motifs is 1. The van der Waals surface area contributed by atoms with E-state index in [-0.39, 0.29) is 17.1 Å². The van der Waals surface area contributed by atoms with E-state index in [1.807, 2.05) is 0 Å². The number of rotatable bonds is 3. The first-order chi connectivity index (χ1) is 10.1. The topological polar surface area (TPSA) is 146 Å². The normalized spacial score (nSPS) is 29.1. The van der Waals surface area contributed by atoms with Crippen LogP contribution in [-0.4, -0.2) is 66.8 Å². The minimum Gasteiger partial charge on any atom is -0.394 e. The van der Waals surface area contributed by atoms with Gasteiger partial charge in [0.15, 0.2) is 17.4 Å². The highest BCUT2D eigenvalue weighted by molar-refractivity contribution is 5.73. The first-order valence-corrected chi connectivity index (χ1v) is 6.34. The van der Waals surface area contributed by atoms with Gasteiger partial charge in [-0.1, -0.05) is 0 Å². The molecule has 0 aromatic carbocycles. The zero-order valence-corrected chi connectivity index (χ0v) is 11.1. The van der Waals surface area contributed by atoms with Gasteiger partial charge >= 0.3 is 0 Å². The maximum atomic E-state index is 11.7. The van der Waals surface area contributed by atoms with Gasteiger partial charge in [-0.15, -0.1) is 0 Å². The molecule has 10 nitrogen and oxygen atoms in total. The number of aliphatic hydroxyl groups is 3. The molecule has 2 aromatic heterocycles. The van der Waals surface area contributed by atoms with Crippen LogP contribution in [-0.2, 0) is 4.74 Å². The number of ether oxygens (including phenoxy) is 1. The Morgan fingerprint density at radius 1 is 1.48 bits per heavy atom. The van der Waals surface area contributed by atoms with Crippen molar-refractivity contribution in [1.29, 1.82) is 0 Å². The molecule has 114 valence electrons. The molecule has 1 saturated heterocycles. The monoisotopic (exact) mass is 297 g/mol. The van der Waals surface area contributed by atoms with Crippen LogP contribution < -0.4 is 10.9 Å². The third-order valence-electron chi connectivity index (χ3n) is 3.48. The number of aromatic nitrogens is 4. The molecule has 1 fully saturated rings. The van der Waals surface area contributed by atoms with Crippen LogP contribution in [0.25, 0.3) is 11.2 Å². The highest BCUT2D eigenvalue weighted by Gasteiger charge is 2.44. The van der Waals surface area contributed by atoms with Crippen LogP contribution in [0.15, 0.2) is 11.1 Å². The largest absolute Gasteiger partial charge is 0.394 e. The molecule has 0 saturated carbocycles. The summed E-state index contributed by atoms with van der Waals surface area (Å²) >= 11 is 0. The van der Waals surface area contributed by atoms with E-state index in [9.17, 15) is 15.0 Å². The summed E-state index contributed by atoms with van der Waals surface area (Å²) in [5.41, 5.74) is -0.139. The number of H-pyrrole nitrogens is 1. The van der Waals surface area contributed by atoms with E-state index in [4.69, 9.17) is 9.84 Å². The fourth-order valence-corrected chi connectivity index (χ4v) is 2.43. The average molecular weight is 297 g/mol. The van der Waals surface area contributed by atoms with E-state index in [1.54, 1.807) is 7.05 Å². The quantitative estimate of drug-likeness (QED) is 0.428. The highest BCUT2D eigenvalue weighted by Crippen LogP contribution is 2.33. The standard InChI is InChI=1S/C11H15N5O5/c1-12-11-15-5-8(13-3-14-9(5)20)16(11)10-7(19)6(18)4(2-17)21-10/h3-4,6-7,10,17-19H,2H2,1H3,(H,12,15)(H,13,14,20)/t4-,6+,7+,10-/m1/s1. The Labute approximate surface area is 118 Å². The fourth-order valence-electron chi connectivity index (χ4n) is 2.43. The molecule has 0 aliphatic carbocycles. The van der Waals surface area contributed by atoms with E-state index in [0.717, 1.165) is 0 Å². The molecule has 1 aliphatic rings. The van der Waals surface area contributed by atoms with Crippen molar-refractivity contribution in [3.63, 3.8) is 0 Å². The average Bonchev–Trinajstić information content (AvgIpc) is 2.99. The minimum absolute atomic E-state index is 0.0830. The fraction of sp³-hybridized carbons (Fsp3) is 0.545. The van der Waals surface area contributed by atoms with E-state index >= 15 is 0 Å². The SMILES string of the molecule is CNc1nc2c(=O)[nH]cnc2n1[C@@H]1O[C@H](CO)[C@H](O)[C@@H]1O. The minimum atomic E-state index is -1.28. The Morgan fingerprint density at radius 2 is 2.24 bits per heavy atom. The molecule has 4 atom stereocenters. The third kappa shape index (κ3) is 2.00. The number of hydrogen-bond donors (Lipinski definition) is 5. The second kappa shape index (κ2) is 5.07. The number of hydrogen-bond acceptors (Lipinski definition) is 8. The van der Waals surface area contributed by atoms with Crippen LogP contribution >= 0.6 is 0 Å². The molecular formula is C11H15N5O5. The Morgan fingerprint density at radius 3 is 2.86 bits per heavy atom. The Hall–Kier alpha value is -2.01. The van der Waals surface area contributed by atoms with Gasteiger partial charge in [-0.25, -0.2) is 9.97 Å². The van der Waals surface area contributed by atoms with Crippen LogP contribution in [0.5, 0.6) is 0 Å². The second-order valence-electron chi connectivity index (χ2n) is 4.69. The molecule has 3 rings (SSSR count). The summed E-state index contributed by atoms with van der Waals surface area (Å²) in [6.45, 7) is -0.440. The second-order valence-corrected chi connectivity index (χ2v) is 4.69. The van der Waals surface area contributed by atoms with E-state index < -0.39 is 36.7 Å².